The quantitative estimate of drug-likeness (QED) is 0.397. The summed E-state index contributed by atoms with van der Waals surface area (Å²) in [5.74, 6) is 0. The molecule has 112 valence electrons. The molecule has 2 aromatic rings. The van der Waals surface area contributed by atoms with Gasteiger partial charge in [0, 0.05) is 19.2 Å². The highest BCUT2D eigenvalue weighted by molar-refractivity contribution is 5.93. The molecule has 0 fully saturated rings. The number of hydrogen-bond donors (Lipinski definition) is 3. The number of nitrogens with zero attached hydrogens (tertiary/aromatic N) is 3. The number of hydrogen-bond acceptors (Lipinski definition) is 7. The molecule has 1 amide bonds. The first-order valence-corrected chi connectivity index (χ1v) is 6.20. The number of unbranched alkanes of at least 4 members (excludes halogenated alkanes) is 1. The molecule has 0 aliphatic carbocycles. The fourth-order valence-electron chi connectivity index (χ4n) is 1.81. The van der Waals surface area contributed by atoms with Crippen molar-refractivity contribution < 1.29 is 19.5 Å². The minimum Gasteiger partial charge on any atom is -0.465 e. The molecule has 0 atom stereocenters. The zero-order valence-corrected chi connectivity index (χ0v) is 10.9. The van der Waals surface area contributed by atoms with Crippen molar-refractivity contribution in [2.24, 2.45) is 0 Å². The third kappa shape index (κ3) is 3.55. The van der Waals surface area contributed by atoms with Crippen molar-refractivity contribution in [2.45, 2.75) is 12.8 Å². The van der Waals surface area contributed by atoms with Crippen LogP contribution in [-0.4, -0.2) is 39.5 Å². The number of rotatable bonds is 7. The van der Waals surface area contributed by atoms with Crippen molar-refractivity contribution in [3.63, 3.8) is 0 Å². The Bertz CT molecular complexity index is 655. The lowest BCUT2D eigenvalue weighted by molar-refractivity contribution is -0.383. The number of anilines is 1. The van der Waals surface area contributed by atoms with Crippen molar-refractivity contribution in [1.29, 1.82) is 0 Å². The minimum absolute atomic E-state index is 0.0949. The van der Waals surface area contributed by atoms with Crippen LogP contribution in [0.5, 0.6) is 0 Å². The molecule has 0 saturated heterocycles. The number of carbonyl (C=O) groups is 1. The number of nitro benzene ring substituents is 1. The highest BCUT2D eigenvalue weighted by atomic mass is 16.6. The highest BCUT2D eigenvalue weighted by Crippen LogP contribution is 2.28. The number of aromatic nitrogens is 2. The number of nitro groups is 1. The molecule has 0 radical (unpaired) electrons. The summed E-state index contributed by atoms with van der Waals surface area (Å²) in [4.78, 5) is 20.5. The summed E-state index contributed by atoms with van der Waals surface area (Å²) >= 11 is 0. The van der Waals surface area contributed by atoms with Crippen LogP contribution in [0.15, 0.2) is 16.8 Å². The molecule has 0 unspecified atom stereocenters. The van der Waals surface area contributed by atoms with Crippen molar-refractivity contribution >= 4 is 28.5 Å². The molecule has 1 aromatic heterocycles. The molecule has 10 nitrogen and oxygen atoms in total. The second-order valence-electron chi connectivity index (χ2n) is 4.22. The van der Waals surface area contributed by atoms with Gasteiger partial charge in [0.15, 0.2) is 5.52 Å². The summed E-state index contributed by atoms with van der Waals surface area (Å²) in [6, 6.07) is 2.88. The van der Waals surface area contributed by atoms with Crippen LogP contribution in [0.1, 0.15) is 12.8 Å². The van der Waals surface area contributed by atoms with Gasteiger partial charge in [-0.25, -0.2) is 9.42 Å². The predicted octanol–water partition coefficient (Wildman–Crippen LogP) is 1.59. The average Bonchev–Trinajstić information content (AvgIpc) is 2.91. The van der Waals surface area contributed by atoms with E-state index in [0.717, 1.165) is 6.42 Å². The summed E-state index contributed by atoms with van der Waals surface area (Å²) in [5, 5.41) is 31.8. The lowest BCUT2D eigenvalue weighted by atomic mass is 10.2. The Hall–Kier alpha value is -2.91. The number of amides is 1. The average molecular weight is 295 g/mol. The Morgan fingerprint density at radius 1 is 1.29 bits per heavy atom. The van der Waals surface area contributed by atoms with E-state index >= 15 is 0 Å². The van der Waals surface area contributed by atoms with Crippen LogP contribution in [0.4, 0.5) is 16.2 Å². The fraction of sp³-hybridized carbons (Fsp3) is 0.364. The Balaban J connectivity index is 1.94. The fourth-order valence-corrected chi connectivity index (χ4v) is 1.81. The lowest BCUT2D eigenvalue weighted by Gasteiger charge is -2.06. The molecule has 21 heavy (non-hydrogen) atoms. The Morgan fingerprint density at radius 2 is 2.00 bits per heavy atom. The maximum absolute atomic E-state index is 10.8. The van der Waals surface area contributed by atoms with Gasteiger partial charge in [0.05, 0.1) is 10.6 Å². The van der Waals surface area contributed by atoms with Crippen LogP contribution in [-0.2, 0) is 0 Å². The van der Waals surface area contributed by atoms with Gasteiger partial charge in [-0.3, -0.25) is 10.1 Å². The maximum Gasteiger partial charge on any atom is 0.404 e. The Kier molecular flexibility index (Phi) is 4.49. The van der Waals surface area contributed by atoms with Crippen molar-refractivity contribution in [1.82, 2.24) is 15.6 Å². The smallest absolute Gasteiger partial charge is 0.404 e. The summed E-state index contributed by atoms with van der Waals surface area (Å²) < 4.78 is 4.55. The molecule has 0 saturated carbocycles. The Morgan fingerprint density at radius 3 is 2.71 bits per heavy atom. The molecule has 3 N–H and O–H groups in total. The first kappa shape index (κ1) is 14.5. The summed E-state index contributed by atoms with van der Waals surface area (Å²) in [6.07, 6.45) is 0.352. The predicted molar refractivity (Wildman–Crippen MR) is 72.2 cm³/mol. The first-order chi connectivity index (χ1) is 10.1. The summed E-state index contributed by atoms with van der Waals surface area (Å²) in [5.41, 5.74) is 0.816. The van der Waals surface area contributed by atoms with Gasteiger partial charge in [0.2, 0.25) is 5.52 Å². The van der Waals surface area contributed by atoms with Gasteiger partial charge in [-0.1, -0.05) is 0 Å². The summed E-state index contributed by atoms with van der Waals surface area (Å²) in [7, 11) is 0. The lowest BCUT2D eigenvalue weighted by Crippen LogP contribution is -2.22. The zero-order valence-electron chi connectivity index (χ0n) is 10.9. The third-order valence-corrected chi connectivity index (χ3v) is 2.79. The molecule has 1 heterocycles. The SMILES string of the molecule is O=C(O)NCCCCNc1ccc([N+](=O)[O-])c2nonc12. The number of fused-ring (bicyclic) bond motifs is 1. The molecule has 0 spiro atoms. The number of carboxylic acid groups (broad SMARTS) is 1. The van der Waals surface area contributed by atoms with Crippen LogP contribution in [0, 0.1) is 10.1 Å². The number of non-ortho nitro benzene ring substituents is 1. The maximum atomic E-state index is 10.8. The van der Waals surface area contributed by atoms with Crippen LogP contribution < -0.4 is 10.6 Å². The van der Waals surface area contributed by atoms with Crippen molar-refractivity contribution in [2.75, 3.05) is 18.4 Å². The topological polar surface area (TPSA) is 143 Å². The third-order valence-electron chi connectivity index (χ3n) is 2.79. The van der Waals surface area contributed by atoms with Gasteiger partial charge in [-0.15, -0.1) is 0 Å². The number of nitrogens with one attached hydrogen (secondary N) is 2. The molecular weight excluding hydrogens is 282 g/mol. The van der Waals surface area contributed by atoms with E-state index in [4.69, 9.17) is 5.11 Å². The molecule has 2 rings (SSSR count). The van der Waals surface area contributed by atoms with Crippen LogP contribution >= 0.6 is 0 Å². The van der Waals surface area contributed by atoms with Gasteiger partial charge in [-0.05, 0) is 29.2 Å². The standard InChI is InChI=1S/C11H13N5O5/c17-11(18)13-6-2-1-5-12-7-3-4-8(16(19)20)10-9(7)14-21-15-10/h3-4,12-13H,1-2,5-6H2,(H,17,18). The van der Waals surface area contributed by atoms with Crippen molar-refractivity contribution in [3.05, 3.63) is 22.2 Å². The van der Waals surface area contributed by atoms with E-state index in [1.165, 1.54) is 6.07 Å². The van der Waals surface area contributed by atoms with E-state index in [9.17, 15) is 14.9 Å². The van der Waals surface area contributed by atoms with Gasteiger partial charge < -0.3 is 15.7 Å². The molecular formula is C11H13N5O5. The van der Waals surface area contributed by atoms with Crippen LogP contribution in [0.3, 0.4) is 0 Å². The van der Waals surface area contributed by atoms with E-state index in [0.29, 0.717) is 30.7 Å². The van der Waals surface area contributed by atoms with Crippen LogP contribution in [0.2, 0.25) is 0 Å². The monoisotopic (exact) mass is 295 g/mol. The molecule has 10 heteroatoms. The molecule has 0 bridgehead atoms. The van der Waals surface area contributed by atoms with E-state index in [-0.39, 0.29) is 11.2 Å². The van der Waals surface area contributed by atoms with Gasteiger partial charge >= 0.3 is 11.8 Å². The van der Waals surface area contributed by atoms with E-state index < -0.39 is 11.0 Å². The van der Waals surface area contributed by atoms with Crippen LogP contribution in [0.25, 0.3) is 11.0 Å². The largest absolute Gasteiger partial charge is 0.465 e. The van der Waals surface area contributed by atoms with Gasteiger partial charge in [-0.2, -0.15) is 0 Å². The summed E-state index contributed by atoms with van der Waals surface area (Å²) in [6.45, 7) is 0.944. The van der Waals surface area contributed by atoms with E-state index in [1.807, 2.05) is 0 Å². The van der Waals surface area contributed by atoms with Crippen molar-refractivity contribution in [3.8, 4) is 0 Å². The van der Waals surface area contributed by atoms with Gasteiger partial charge in [0.25, 0.3) is 0 Å². The molecule has 0 aliphatic heterocycles. The Labute approximate surface area is 118 Å². The second-order valence-corrected chi connectivity index (χ2v) is 4.22. The number of benzene rings is 1. The highest BCUT2D eigenvalue weighted by Gasteiger charge is 2.19. The minimum atomic E-state index is -1.05. The molecule has 0 aliphatic rings. The first-order valence-electron chi connectivity index (χ1n) is 6.20. The van der Waals surface area contributed by atoms with E-state index in [2.05, 4.69) is 25.6 Å². The second kappa shape index (κ2) is 6.50. The molecule has 1 aromatic carbocycles. The van der Waals surface area contributed by atoms with E-state index in [1.54, 1.807) is 6.07 Å². The van der Waals surface area contributed by atoms with Gasteiger partial charge in [0.1, 0.15) is 0 Å². The normalized spacial score (nSPS) is 10.5. The zero-order chi connectivity index (χ0) is 15.2.